The molecule has 2 aliphatic rings. The monoisotopic (exact) mass is 402 g/mol. The third-order valence-electron chi connectivity index (χ3n) is 5.07. The molecule has 1 fully saturated rings. The number of rotatable bonds is 4. The number of hydrogen-bond acceptors (Lipinski definition) is 5. The highest BCUT2D eigenvalue weighted by Crippen LogP contribution is 2.34. The van der Waals surface area contributed by atoms with Crippen molar-refractivity contribution in [1.29, 1.82) is 0 Å². The van der Waals surface area contributed by atoms with Crippen molar-refractivity contribution >= 4 is 21.6 Å². The summed E-state index contributed by atoms with van der Waals surface area (Å²) in [7, 11) is -2.29. The zero-order valence-electron chi connectivity index (χ0n) is 15.6. The summed E-state index contributed by atoms with van der Waals surface area (Å²) in [5.41, 5.74) is 0.980. The van der Waals surface area contributed by atoms with Crippen LogP contribution in [0.25, 0.3) is 0 Å². The molecule has 7 nitrogen and oxygen atoms in total. The van der Waals surface area contributed by atoms with E-state index in [1.54, 1.807) is 17.0 Å². The van der Waals surface area contributed by atoms with Gasteiger partial charge in [0.15, 0.2) is 0 Å². The lowest BCUT2D eigenvalue weighted by molar-refractivity contribution is 0.0976. The first-order valence-corrected chi connectivity index (χ1v) is 10.7. The molecule has 0 aromatic heterocycles. The Labute approximate surface area is 164 Å². The SMILES string of the molecule is COc1ccc(C(=O)N2CCOc3ccccc32)cc1S(=O)(=O)N1CCCC1. The van der Waals surface area contributed by atoms with E-state index in [9.17, 15) is 13.2 Å². The van der Waals surface area contributed by atoms with Gasteiger partial charge in [-0.3, -0.25) is 4.79 Å². The molecule has 2 aromatic rings. The molecule has 0 bridgehead atoms. The second kappa shape index (κ2) is 7.44. The molecular weight excluding hydrogens is 380 g/mol. The summed E-state index contributed by atoms with van der Waals surface area (Å²) in [5, 5.41) is 0. The summed E-state index contributed by atoms with van der Waals surface area (Å²) in [6, 6.07) is 11.9. The number of para-hydroxylation sites is 2. The van der Waals surface area contributed by atoms with Crippen molar-refractivity contribution in [3.63, 3.8) is 0 Å². The number of amides is 1. The van der Waals surface area contributed by atoms with Gasteiger partial charge in [-0.15, -0.1) is 0 Å². The molecule has 4 rings (SSSR count). The van der Waals surface area contributed by atoms with Gasteiger partial charge in [-0.1, -0.05) is 12.1 Å². The van der Waals surface area contributed by atoms with Crippen molar-refractivity contribution < 1.29 is 22.7 Å². The Kier molecular flexibility index (Phi) is 4.99. The van der Waals surface area contributed by atoms with E-state index in [0.29, 0.717) is 43.2 Å². The Balaban J connectivity index is 1.73. The predicted octanol–water partition coefficient (Wildman–Crippen LogP) is 2.52. The van der Waals surface area contributed by atoms with E-state index >= 15 is 0 Å². The number of fused-ring (bicyclic) bond motifs is 1. The number of ether oxygens (including phenoxy) is 2. The maximum atomic E-state index is 13.2. The number of benzene rings is 2. The molecule has 2 aromatic carbocycles. The lowest BCUT2D eigenvalue weighted by Crippen LogP contribution is -2.38. The minimum absolute atomic E-state index is 0.0318. The summed E-state index contributed by atoms with van der Waals surface area (Å²) in [6.07, 6.45) is 1.68. The van der Waals surface area contributed by atoms with Crippen LogP contribution in [0, 0.1) is 0 Å². The van der Waals surface area contributed by atoms with E-state index < -0.39 is 10.0 Å². The highest BCUT2D eigenvalue weighted by Gasteiger charge is 2.32. The smallest absolute Gasteiger partial charge is 0.258 e. The van der Waals surface area contributed by atoms with Crippen LogP contribution in [-0.4, -0.2) is 52.0 Å². The standard InChI is InChI=1S/C20H22N2O5S/c1-26-18-9-8-15(14-19(18)28(24,25)21-10-4-5-11-21)20(23)22-12-13-27-17-7-3-2-6-16(17)22/h2-3,6-9,14H,4-5,10-13H2,1H3. The van der Waals surface area contributed by atoms with Crippen LogP contribution in [-0.2, 0) is 10.0 Å². The quantitative estimate of drug-likeness (QED) is 0.786. The lowest BCUT2D eigenvalue weighted by Gasteiger charge is -2.29. The van der Waals surface area contributed by atoms with E-state index in [1.807, 2.05) is 24.3 Å². The maximum absolute atomic E-state index is 13.2. The number of carbonyl (C=O) groups is 1. The van der Waals surface area contributed by atoms with Crippen LogP contribution in [0.1, 0.15) is 23.2 Å². The predicted molar refractivity (Wildman–Crippen MR) is 105 cm³/mol. The van der Waals surface area contributed by atoms with Crippen LogP contribution in [0.4, 0.5) is 5.69 Å². The first-order chi connectivity index (χ1) is 13.5. The molecule has 8 heteroatoms. The van der Waals surface area contributed by atoms with Gasteiger partial charge in [0.25, 0.3) is 5.91 Å². The van der Waals surface area contributed by atoms with Crippen LogP contribution in [0.15, 0.2) is 47.4 Å². The second-order valence-electron chi connectivity index (χ2n) is 6.75. The van der Waals surface area contributed by atoms with Crippen LogP contribution >= 0.6 is 0 Å². The summed E-state index contributed by atoms with van der Waals surface area (Å²) in [5.74, 6) is 0.614. The Hall–Kier alpha value is -2.58. The fraction of sp³-hybridized carbons (Fsp3) is 0.350. The first-order valence-electron chi connectivity index (χ1n) is 9.24. The normalized spacial score (nSPS) is 17.1. The lowest BCUT2D eigenvalue weighted by atomic mass is 10.1. The van der Waals surface area contributed by atoms with Crippen LogP contribution in [0.2, 0.25) is 0 Å². The Morgan fingerprint density at radius 2 is 1.82 bits per heavy atom. The van der Waals surface area contributed by atoms with Crippen molar-refractivity contribution in [2.45, 2.75) is 17.7 Å². The zero-order valence-corrected chi connectivity index (χ0v) is 16.4. The molecule has 0 radical (unpaired) electrons. The van der Waals surface area contributed by atoms with Gasteiger partial charge in [0.05, 0.1) is 19.3 Å². The van der Waals surface area contributed by atoms with Gasteiger partial charge in [-0.25, -0.2) is 8.42 Å². The number of hydrogen-bond donors (Lipinski definition) is 0. The molecule has 1 saturated heterocycles. The topological polar surface area (TPSA) is 76.1 Å². The van der Waals surface area contributed by atoms with Crippen LogP contribution in [0.3, 0.4) is 0 Å². The van der Waals surface area contributed by atoms with Crippen molar-refractivity contribution in [2.24, 2.45) is 0 Å². The molecule has 0 saturated carbocycles. The van der Waals surface area contributed by atoms with E-state index in [4.69, 9.17) is 9.47 Å². The van der Waals surface area contributed by atoms with Crippen molar-refractivity contribution in [3.05, 3.63) is 48.0 Å². The fourth-order valence-corrected chi connectivity index (χ4v) is 5.31. The van der Waals surface area contributed by atoms with E-state index in [0.717, 1.165) is 12.8 Å². The van der Waals surface area contributed by atoms with Gasteiger partial charge < -0.3 is 14.4 Å². The Morgan fingerprint density at radius 1 is 1.07 bits per heavy atom. The van der Waals surface area contributed by atoms with Crippen LogP contribution < -0.4 is 14.4 Å². The second-order valence-corrected chi connectivity index (χ2v) is 8.66. The van der Waals surface area contributed by atoms with E-state index in [-0.39, 0.29) is 16.6 Å². The molecule has 0 N–H and O–H groups in total. The molecule has 0 unspecified atom stereocenters. The highest BCUT2D eigenvalue weighted by atomic mass is 32.2. The number of anilines is 1. The molecule has 28 heavy (non-hydrogen) atoms. The minimum Gasteiger partial charge on any atom is -0.495 e. The molecule has 148 valence electrons. The van der Waals surface area contributed by atoms with Gasteiger partial charge in [-0.2, -0.15) is 4.31 Å². The Bertz CT molecular complexity index is 999. The van der Waals surface area contributed by atoms with Crippen LogP contribution in [0.5, 0.6) is 11.5 Å². The third kappa shape index (κ3) is 3.22. The summed E-state index contributed by atoms with van der Waals surface area (Å²) < 4.78 is 38.5. The number of methoxy groups -OCH3 is 1. The molecule has 2 aliphatic heterocycles. The number of carbonyl (C=O) groups excluding carboxylic acids is 1. The molecule has 0 spiro atoms. The largest absolute Gasteiger partial charge is 0.495 e. The molecular formula is C20H22N2O5S. The number of sulfonamides is 1. The highest BCUT2D eigenvalue weighted by molar-refractivity contribution is 7.89. The zero-order chi connectivity index (χ0) is 19.7. The average Bonchev–Trinajstić information content (AvgIpc) is 3.28. The molecule has 0 atom stereocenters. The van der Waals surface area contributed by atoms with Gasteiger partial charge in [-0.05, 0) is 43.2 Å². The van der Waals surface area contributed by atoms with E-state index in [2.05, 4.69) is 0 Å². The van der Waals surface area contributed by atoms with Gasteiger partial charge in [0, 0.05) is 18.7 Å². The summed E-state index contributed by atoms with van der Waals surface area (Å²) >= 11 is 0. The summed E-state index contributed by atoms with van der Waals surface area (Å²) in [6.45, 7) is 1.76. The summed E-state index contributed by atoms with van der Waals surface area (Å²) in [4.78, 5) is 14.8. The average molecular weight is 402 g/mol. The Morgan fingerprint density at radius 3 is 2.57 bits per heavy atom. The van der Waals surface area contributed by atoms with Gasteiger partial charge in [0.2, 0.25) is 10.0 Å². The molecule has 1 amide bonds. The minimum atomic E-state index is -3.72. The van der Waals surface area contributed by atoms with Crippen molar-refractivity contribution in [3.8, 4) is 11.5 Å². The van der Waals surface area contributed by atoms with Crippen molar-refractivity contribution in [2.75, 3.05) is 38.3 Å². The maximum Gasteiger partial charge on any atom is 0.258 e. The van der Waals surface area contributed by atoms with Gasteiger partial charge >= 0.3 is 0 Å². The number of nitrogens with zero attached hydrogens (tertiary/aromatic N) is 2. The van der Waals surface area contributed by atoms with E-state index in [1.165, 1.54) is 17.5 Å². The van der Waals surface area contributed by atoms with Gasteiger partial charge in [0.1, 0.15) is 23.0 Å². The fourth-order valence-electron chi connectivity index (χ4n) is 3.62. The third-order valence-corrected chi connectivity index (χ3v) is 6.99. The molecule has 0 aliphatic carbocycles. The molecule has 2 heterocycles. The van der Waals surface area contributed by atoms with Crippen molar-refractivity contribution in [1.82, 2.24) is 4.31 Å². The first kappa shape index (κ1) is 18.8.